The monoisotopic (exact) mass is 267 g/mol. The molecule has 1 amide bonds. The molecule has 0 aromatic carbocycles. The highest BCUT2D eigenvalue weighted by Gasteiger charge is 2.17. The topological polar surface area (TPSA) is 68.9 Å². The van der Waals surface area contributed by atoms with Gasteiger partial charge in [-0.05, 0) is 26.3 Å². The molecule has 0 radical (unpaired) electrons. The lowest BCUT2D eigenvalue weighted by Crippen LogP contribution is -2.22. The third kappa shape index (κ3) is 2.28. The van der Waals surface area contributed by atoms with E-state index in [2.05, 4.69) is 23.8 Å². The maximum Gasteiger partial charge on any atom is 0.230 e. The second kappa shape index (κ2) is 4.62. The molecule has 2 heterocycles. The molecule has 1 atom stereocenters. The van der Waals surface area contributed by atoms with Gasteiger partial charge in [-0.15, -0.1) is 11.3 Å². The summed E-state index contributed by atoms with van der Waals surface area (Å²) < 4.78 is 0. The van der Waals surface area contributed by atoms with Crippen LogP contribution in [0, 0.1) is 13.8 Å². The maximum absolute atomic E-state index is 11.1. The summed E-state index contributed by atoms with van der Waals surface area (Å²) in [6.45, 7) is 5.90. The van der Waals surface area contributed by atoms with Gasteiger partial charge in [0.2, 0.25) is 5.91 Å². The fourth-order valence-electron chi connectivity index (χ4n) is 1.46. The minimum absolute atomic E-state index is 0.285. The average molecular weight is 267 g/mol. The predicted octanol–water partition coefficient (Wildman–Crippen LogP) is 2.27. The van der Waals surface area contributed by atoms with Crippen LogP contribution in [-0.4, -0.2) is 21.1 Å². The van der Waals surface area contributed by atoms with Gasteiger partial charge in [-0.3, -0.25) is 4.79 Å². The molecule has 90 valence electrons. The number of nitrogens with two attached hydrogens (primary N) is 1. The van der Waals surface area contributed by atoms with E-state index >= 15 is 0 Å². The normalized spacial score (nSPS) is 12.9. The number of rotatable bonds is 3. The Labute approximate surface area is 108 Å². The number of hydrogen-bond donors (Lipinski definition) is 1. The molecule has 4 nitrogen and oxygen atoms in total. The number of primary amides is 1. The molecular weight excluding hydrogens is 254 g/mol. The van der Waals surface area contributed by atoms with Crippen molar-refractivity contribution in [1.82, 2.24) is 9.97 Å². The lowest BCUT2D eigenvalue weighted by atomic mass is 10.2. The second-order valence-electron chi connectivity index (χ2n) is 3.80. The number of aromatic nitrogens is 2. The molecule has 0 bridgehead atoms. The van der Waals surface area contributed by atoms with E-state index in [1.807, 2.05) is 0 Å². The summed E-state index contributed by atoms with van der Waals surface area (Å²) >= 11 is 3.04. The van der Waals surface area contributed by atoms with Crippen molar-refractivity contribution in [1.29, 1.82) is 0 Å². The van der Waals surface area contributed by atoms with Crippen LogP contribution in [-0.2, 0) is 4.79 Å². The number of hydrogen-bond acceptors (Lipinski definition) is 5. The predicted molar refractivity (Wildman–Crippen MR) is 71.4 cm³/mol. The van der Waals surface area contributed by atoms with Crippen molar-refractivity contribution in [3.05, 3.63) is 16.8 Å². The van der Waals surface area contributed by atoms with Gasteiger partial charge in [0.1, 0.15) is 16.2 Å². The van der Waals surface area contributed by atoms with Crippen molar-refractivity contribution in [3.63, 3.8) is 0 Å². The number of amides is 1. The van der Waals surface area contributed by atoms with Crippen LogP contribution in [0.4, 0.5) is 0 Å². The van der Waals surface area contributed by atoms with Gasteiger partial charge in [-0.2, -0.15) is 0 Å². The van der Waals surface area contributed by atoms with Crippen molar-refractivity contribution < 1.29 is 4.79 Å². The first kappa shape index (κ1) is 12.3. The Bertz CT molecular complexity index is 579. The third-order valence-electron chi connectivity index (χ3n) is 2.62. The molecule has 0 saturated carbocycles. The summed E-state index contributed by atoms with van der Waals surface area (Å²) in [5.74, 6) is -0.327. The van der Waals surface area contributed by atoms with E-state index in [1.165, 1.54) is 28.5 Å². The molecular formula is C11H13N3OS2. The molecule has 6 heteroatoms. The zero-order valence-corrected chi connectivity index (χ0v) is 11.5. The third-order valence-corrected chi connectivity index (χ3v) is 4.85. The highest BCUT2D eigenvalue weighted by molar-refractivity contribution is 8.00. The number of carbonyl (C=O) groups excluding carboxylic acids is 1. The van der Waals surface area contributed by atoms with Crippen LogP contribution in [0.25, 0.3) is 10.2 Å². The molecule has 0 aliphatic rings. The van der Waals surface area contributed by atoms with Crippen molar-refractivity contribution in [3.8, 4) is 0 Å². The quantitative estimate of drug-likeness (QED) is 0.684. The van der Waals surface area contributed by atoms with E-state index in [0.717, 1.165) is 15.2 Å². The van der Waals surface area contributed by atoms with Crippen molar-refractivity contribution in [2.75, 3.05) is 0 Å². The maximum atomic E-state index is 11.1. The van der Waals surface area contributed by atoms with Gasteiger partial charge in [-0.1, -0.05) is 11.8 Å². The molecule has 0 unspecified atom stereocenters. The van der Waals surface area contributed by atoms with Gasteiger partial charge in [0.15, 0.2) is 0 Å². The molecule has 0 aliphatic carbocycles. The van der Waals surface area contributed by atoms with Gasteiger partial charge in [0.05, 0.1) is 5.25 Å². The molecule has 0 fully saturated rings. The molecule has 0 aliphatic heterocycles. The van der Waals surface area contributed by atoms with Gasteiger partial charge < -0.3 is 5.73 Å². The summed E-state index contributed by atoms with van der Waals surface area (Å²) in [5.41, 5.74) is 6.46. The number of thioether (sulfide) groups is 1. The Morgan fingerprint density at radius 3 is 2.82 bits per heavy atom. The largest absolute Gasteiger partial charge is 0.369 e. The Morgan fingerprint density at radius 2 is 2.18 bits per heavy atom. The number of aryl methyl sites for hydroxylation is 2. The van der Waals surface area contributed by atoms with Crippen LogP contribution >= 0.6 is 23.1 Å². The minimum atomic E-state index is -0.327. The van der Waals surface area contributed by atoms with Gasteiger partial charge in [0, 0.05) is 10.3 Å². The summed E-state index contributed by atoms with van der Waals surface area (Å²) in [5, 5.41) is 1.60. The van der Waals surface area contributed by atoms with Crippen LogP contribution < -0.4 is 5.73 Å². The molecule has 2 aromatic rings. The summed E-state index contributed by atoms with van der Waals surface area (Å²) in [6, 6.07) is 0. The van der Waals surface area contributed by atoms with Crippen LogP contribution in [0.5, 0.6) is 0 Å². The van der Waals surface area contributed by atoms with Gasteiger partial charge in [0.25, 0.3) is 0 Å². The van der Waals surface area contributed by atoms with Crippen molar-refractivity contribution in [2.45, 2.75) is 31.0 Å². The molecule has 0 spiro atoms. The van der Waals surface area contributed by atoms with E-state index in [4.69, 9.17) is 5.73 Å². The SMILES string of the molecule is Cc1sc2ncnc(S[C@@H](C)C(N)=O)c2c1C. The molecule has 17 heavy (non-hydrogen) atoms. The van der Waals surface area contributed by atoms with E-state index in [0.29, 0.717) is 0 Å². The lowest BCUT2D eigenvalue weighted by Gasteiger charge is -2.07. The zero-order chi connectivity index (χ0) is 12.6. The molecule has 2 N–H and O–H groups in total. The Hall–Kier alpha value is -1.14. The standard InChI is InChI=1S/C11H13N3OS2/c1-5-6(2)16-10-8(5)11(14-4-13-10)17-7(3)9(12)15/h4,7H,1-3H3,(H2,12,15)/t7-/m0/s1. The Morgan fingerprint density at radius 1 is 1.47 bits per heavy atom. The number of nitrogens with zero attached hydrogens (tertiary/aromatic N) is 2. The number of carbonyl (C=O) groups is 1. The van der Waals surface area contributed by atoms with Crippen LogP contribution in [0.3, 0.4) is 0 Å². The Kier molecular flexibility index (Phi) is 3.35. The first-order valence-electron chi connectivity index (χ1n) is 5.17. The van der Waals surface area contributed by atoms with Crippen LogP contribution in [0.1, 0.15) is 17.4 Å². The van der Waals surface area contributed by atoms with Crippen molar-refractivity contribution in [2.24, 2.45) is 5.73 Å². The molecule has 0 saturated heterocycles. The average Bonchev–Trinajstić information content (AvgIpc) is 2.56. The summed E-state index contributed by atoms with van der Waals surface area (Å²) in [4.78, 5) is 21.8. The minimum Gasteiger partial charge on any atom is -0.369 e. The van der Waals surface area contributed by atoms with E-state index in [1.54, 1.807) is 18.3 Å². The van der Waals surface area contributed by atoms with Crippen LogP contribution in [0.2, 0.25) is 0 Å². The molecule has 2 rings (SSSR count). The fourth-order valence-corrected chi connectivity index (χ4v) is 3.45. The van der Waals surface area contributed by atoms with E-state index in [9.17, 15) is 4.79 Å². The Balaban J connectivity index is 2.50. The smallest absolute Gasteiger partial charge is 0.230 e. The summed E-state index contributed by atoms with van der Waals surface area (Å²) in [6.07, 6.45) is 1.54. The highest BCUT2D eigenvalue weighted by atomic mass is 32.2. The number of thiophene rings is 1. The zero-order valence-electron chi connectivity index (χ0n) is 9.85. The molecule has 2 aromatic heterocycles. The lowest BCUT2D eigenvalue weighted by molar-refractivity contribution is -0.117. The first-order valence-corrected chi connectivity index (χ1v) is 6.87. The second-order valence-corrected chi connectivity index (χ2v) is 6.34. The van der Waals surface area contributed by atoms with E-state index in [-0.39, 0.29) is 11.2 Å². The number of fused-ring (bicyclic) bond motifs is 1. The van der Waals surface area contributed by atoms with Gasteiger partial charge in [-0.25, -0.2) is 9.97 Å². The van der Waals surface area contributed by atoms with Crippen molar-refractivity contribution >= 4 is 39.2 Å². The first-order chi connectivity index (χ1) is 8.00. The highest BCUT2D eigenvalue weighted by Crippen LogP contribution is 2.35. The fraction of sp³-hybridized carbons (Fsp3) is 0.364. The van der Waals surface area contributed by atoms with Gasteiger partial charge >= 0.3 is 0 Å². The van der Waals surface area contributed by atoms with E-state index < -0.39 is 0 Å². The summed E-state index contributed by atoms with van der Waals surface area (Å²) in [7, 11) is 0. The van der Waals surface area contributed by atoms with Crippen LogP contribution in [0.15, 0.2) is 11.4 Å².